The third-order valence-corrected chi connectivity index (χ3v) is 1.21. The van der Waals surface area contributed by atoms with Crippen LogP contribution in [0.15, 0.2) is 0 Å². The second kappa shape index (κ2) is 6.05. The highest BCUT2D eigenvalue weighted by molar-refractivity contribution is 4.47. The second-order valence-electron chi connectivity index (χ2n) is 2.51. The maximum absolute atomic E-state index is 3.28. The summed E-state index contributed by atoms with van der Waals surface area (Å²) in [5.41, 5.74) is 0. The molecule has 0 aromatic rings. The minimum absolute atomic E-state index is 0. The highest BCUT2D eigenvalue weighted by Crippen LogP contribution is 1.79. The van der Waals surface area contributed by atoms with Crippen LogP contribution < -0.4 is 5.32 Å². The summed E-state index contributed by atoms with van der Waals surface area (Å²) in [6.45, 7) is 5.56. The Morgan fingerprint density at radius 1 is 1.44 bits per heavy atom. The fourth-order valence-corrected chi connectivity index (χ4v) is 0.697. The molecule has 0 rings (SSSR count). The van der Waals surface area contributed by atoms with Crippen LogP contribution in [0.1, 0.15) is 14.8 Å². The average molecular weight is 132 g/mol. The summed E-state index contributed by atoms with van der Waals surface area (Å²) in [6.07, 6.45) is 1.25. The number of rotatable bonds is 5. The number of hydrogen-bond donors (Lipinski definition) is 1. The van der Waals surface area contributed by atoms with E-state index >= 15 is 0 Å². The Balaban J connectivity index is 0. The second-order valence-corrected chi connectivity index (χ2v) is 2.51. The predicted octanol–water partition coefficient (Wildman–Crippen LogP) is 0.794. The smallest absolute Gasteiger partial charge is 0 e. The van der Waals surface area contributed by atoms with Gasteiger partial charge in [-0.1, -0.05) is 6.92 Å². The van der Waals surface area contributed by atoms with Gasteiger partial charge in [0, 0.05) is 1.43 Å². The van der Waals surface area contributed by atoms with E-state index in [-0.39, 0.29) is 1.43 Å². The molecular formula is C7H20N2. The molecule has 0 aliphatic carbocycles. The molecule has 0 saturated carbocycles. The molecule has 2 heteroatoms. The van der Waals surface area contributed by atoms with Crippen LogP contribution in [0.2, 0.25) is 0 Å². The van der Waals surface area contributed by atoms with Gasteiger partial charge in [-0.15, -0.1) is 0 Å². The Morgan fingerprint density at radius 2 is 2.11 bits per heavy atom. The van der Waals surface area contributed by atoms with Gasteiger partial charge in [0.15, 0.2) is 0 Å². The van der Waals surface area contributed by atoms with E-state index in [4.69, 9.17) is 0 Å². The number of nitrogens with one attached hydrogen (secondary N) is 1. The molecule has 0 radical (unpaired) electrons. The largest absolute Gasteiger partial charge is 0.317 e. The molecule has 58 valence electrons. The zero-order chi connectivity index (χ0) is 7.11. The SMILES string of the molecule is CCNCCCN(C)C.[HH]. The van der Waals surface area contributed by atoms with Gasteiger partial charge in [-0.25, -0.2) is 0 Å². The first kappa shape index (κ1) is 8.92. The number of nitrogens with zero attached hydrogens (tertiary/aromatic N) is 1. The molecule has 0 bridgehead atoms. The normalized spacial score (nSPS) is 10.7. The molecule has 0 spiro atoms. The van der Waals surface area contributed by atoms with Gasteiger partial charge in [-0.3, -0.25) is 0 Å². The Kier molecular flexibility index (Phi) is 5.99. The van der Waals surface area contributed by atoms with Gasteiger partial charge in [0.1, 0.15) is 0 Å². The third-order valence-electron chi connectivity index (χ3n) is 1.21. The van der Waals surface area contributed by atoms with E-state index in [1.54, 1.807) is 0 Å². The van der Waals surface area contributed by atoms with Crippen molar-refractivity contribution < 1.29 is 1.43 Å². The summed E-state index contributed by atoms with van der Waals surface area (Å²) >= 11 is 0. The van der Waals surface area contributed by atoms with E-state index in [1.165, 1.54) is 13.0 Å². The molecule has 0 aromatic heterocycles. The summed E-state index contributed by atoms with van der Waals surface area (Å²) < 4.78 is 0. The van der Waals surface area contributed by atoms with Gasteiger partial charge in [-0.05, 0) is 40.2 Å². The zero-order valence-electron chi connectivity index (χ0n) is 6.78. The fourth-order valence-electron chi connectivity index (χ4n) is 0.697. The number of hydrogen-bond acceptors (Lipinski definition) is 2. The molecule has 0 aliphatic heterocycles. The van der Waals surface area contributed by atoms with Gasteiger partial charge in [0.25, 0.3) is 0 Å². The van der Waals surface area contributed by atoms with Crippen molar-refractivity contribution >= 4 is 0 Å². The molecule has 0 fully saturated rings. The quantitative estimate of drug-likeness (QED) is 0.556. The zero-order valence-corrected chi connectivity index (χ0v) is 6.78. The molecule has 0 heterocycles. The first-order chi connectivity index (χ1) is 4.27. The van der Waals surface area contributed by atoms with Crippen molar-refractivity contribution in [3.63, 3.8) is 0 Å². The van der Waals surface area contributed by atoms with Gasteiger partial charge >= 0.3 is 0 Å². The minimum atomic E-state index is 0. The molecule has 1 N–H and O–H groups in total. The molecule has 9 heavy (non-hydrogen) atoms. The average Bonchev–Trinajstić information content (AvgIpc) is 1.80. The van der Waals surface area contributed by atoms with Crippen molar-refractivity contribution in [2.45, 2.75) is 13.3 Å². The van der Waals surface area contributed by atoms with Gasteiger partial charge in [0.05, 0.1) is 0 Å². The highest BCUT2D eigenvalue weighted by Gasteiger charge is 1.87. The Morgan fingerprint density at radius 3 is 2.56 bits per heavy atom. The van der Waals surface area contributed by atoms with Crippen molar-refractivity contribution in [1.29, 1.82) is 0 Å². The minimum Gasteiger partial charge on any atom is -0.317 e. The van der Waals surface area contributed by atoms with Crippen molar-refractivity contribution in [1.82, 2.24) is 10.2 Å². The summed E-state index contributed by atoms with van der Waals surface area (Å²) in [7, 11) is 4.21. The molecule has 0 amide bonds. The van der Waals surface area contributed by atoms with Crippen LogP contribution in [-0.4, -0.2) is 38.6 Å². The van der Waals surface area contributed by atoms with Gasteiger partial charge < -0.3 is 10.2 Å². The van der Waals surface area contributed by atoms with Gasteiger partial charge in [0.2, 0.25) is 0 Å². The van der Waals surface area contributed by atoms with Crippen LogP contribution in [0.5, 0.6) is 0 Å². The van der Waals surface area contributed by atoms with E-state index < -0.39 is 0 Å². The highest BCUT2D eigenvalue weighted by atomic mass is 15.0. The molecule has 0 unspecified atom stereocenters. The van der Waals surface area contributed by atoms with E-state index in [0.29, 0.717) is 0 Å². The molecular weight excluding hydrogens is 112 g/mol. The Hall–Kier alpha value is -0.0800. The van der Waals surface area contributed by atoms with E-state index in [2.05, 4.69) is 31.2 Å². The Bertz CT molecular complexity index is 57.6. The van der Waals surface area contributed by atoms with E-state index in [9.17, 15) is 0 Å². The van der Waals surface area contributed by atoms with Crippen LogP contribution in [0.3, 0.4) is 0 Å². The van der Waals surface area contributed by atoms with Crippen LogP contribution in [0.4, 0.5) is 0 Å². The van der Waals surface area contributed by atoms with Crippen LogP contribution in [-0.2, 0) is 0 Å². The predicted molar refractivity (Wildman–Crippen MR) is 43.8 cm³/mol. The van der Waals surface area contributed by atoms with Crippen molar-refractivity contribution in [2.75, 3.05) is 33.7 Å². The first-order valence-corrected chi connectivity index (χ1v) is 3.62. The van der Waals surface area contributed by atoms with Crippen molar-refractivity contribution in [3.8, 4) is 0 Å². The van der Waals surface area contributed by atoms with Crippen LogP contribution >= 0.6 is 0 Å². The molecule has 0 atom stereocenters. The van der Waals surface area contributed by atoms with Crippen LogP contribution in [0.25, 0.3) is 0 Å². The van der Waals surface area contributed by atoms with E-state index in [1.807, 2.05) is 0 Å². The summed E-state index contributed by atoms with van der Waals surface area (Å²) in [6, 6.07) is 0. The fraction of sp³-hybridized carbons (Fsp3) is 1.00. The van der Waals surface area contributed by atoms with Gasteiger partial charge in [-0.2, -0.15) is 0 Å². The summed E-state index contributed by atoms with van der Waals surface area (Å²) in [5, 5.41) is 3.28. The maximum atomic E-state index is 3.28. The molecule has 0 aromatic carbocycles. The van der Waals surface area contributed by atoms with Crippen molar-refractivity contribution in [3.05, 3.63) is 0 Å². The Labute approximate surface area is 59.7 Å². The summed E-state index contributed by atoms with van der Waals surface area (Å²) in [5.74, 6) is 0. The van der Waals surface area contributed by atoms with E-state index in [0.717, 1.165) is 13.1 Å². The maximum Gasteiger partial charge on any atom is 0 e. The molecule has 0 saturated heterocycles. The lowest BCUT2D eigenvalue weighted by molar-refractivity contribution is 0.395. The first-order valence-electron chi connectivity index (χ1n) is 3.62. The third kappa shape index (κ3) is 7.92. The van der Waals surface area contributed by atoms with Crippen molar-refractivity contribution in [2.24, 2.45) is 0 Å². The molecule has 2 nitrogen and oxygen atoms in total. The lowest BCUT2D eigenvalue weighted by Gasteiger charge is -2.08. The summed E-state index contributed by atoms with van der Waals surface area (Å²) in [4.78, 5) is 2.21. The standard InChI is InChI=1S/C7H18N2.H2/c1-4-8-6-5-7-9(2)3;/h8H,4-7H2,1-3H3;1H. The lowest BCUT2D eigenvalue weighted by atomic mass is 10.4. The lowest BCUT2D eigenvalue weighted by Crippen LogP contribution is -2.20. The van der Waals surface area contributed by atoms with Crippen LogP contribution in [0, 0.1) is 0 Å². The topological polar surface area (TPSA) is 15.3 Å². The molecule has 0 aliphatic rings. The monoisotopic (exact) mass is 132 g/mol.